The third-order valence-electron chi connectivity index (χ3n) is 3.22. The van der Waals surface area contributed by atoms with Crippen LogP contribution in [0.15, 0.2) is 41.0 Å². The second-order valence-electron chi connectivity index (χ2n) is 4.69. The highest BCUT2D eigenvalue weighted by Crippen LogP contribution is 2.34. The third-order valence-corrected chi connectivity index (χ3v) is 3.22. The summed E-state index contributed by atoms with van der Waals surface area (Å²) in [6, 6.07) is 7.27. The van der Waals surface area contributed by atoms with Crippen molar-refractivity contribution in [1.82, 2.24) is 5.32 Å². The monoisotopic (exact) mass is 302 g/mol. The molecule has 1 N–H and O–H groups in total. The number of carboxylic acids is 1. The Bertz CT molecular complexity index is 694. The summed E-state index contributed by atoms with van der Waals surface area (Å²) in [5.74, 6) is -0.596. The third kappa shape index (κ3) is 2.88. The summed E-state index contributed by atoms with van der Waals surface area (Å²) in [6.45, 7) is 0.114. The molecule has 114 valence electrons. The fourth-order valence-electron chi connectivity index (χ4n) is 2.19. The van der Waals surface area contributed by atoms with Crippen molar-refractivity contribution in [3.05, 3.63) is 47.9 Å². The van der Waals surface area contributed by atoms with Crippen LogP contribution in [0.1, 0.15) is 28.6 Å². The van der Waals surface area contributed by atoms with Gasteiger partial charge in [-0.05, 0) is 29.8 Å². The first kappa shape index (κ1) is 14.0. The minimum Gasteiger partial charge on any atom is -0.550 e. The number of nitrogens with one attached hydrogen (secondary N) is 1. The molecule has 0 saturated heterocycles. The molecule has 1 aliphatic heterocycles. The number of rotatable bonds is 5. The van der Waals surface area contributed by atoms with Crippen LogP contribution >= 0.6 is 0 Å². The van der Waals surface area contributed by atoms with Crippen molar-refractivity contribution in [2.45, 2.75) is 12.5 Å². The van der Waals surface area contributed by atoms with E-state index in [0.717, 1.165) is 0 Å². The van der Waals surface area contributed by atoms with Gasteiger partial charge < -0.3 is 29.1 Å². The maximum Gasteiger partial charge on any atom is 0.287 e. The summed E-state index contributed by atoms with van der Waals surface area (Å²) in [5, 5.41) is 13.6. The van der Waals surface area contributed by atoms with Gasteiger partial charge in [-0.1, -0.05) is 6.07 Å². The van der Waals surface area contributed by atoms with Crippen LogP contribution in [0.3, 0.4) is 0 Å². The molecule has 1 aromatic heterocycles. The molecule has 1 aliphatic rings. The highest BCUT2D eigenvalue weighted by Gasteiger charge is 2.21. The Labute approximate surface area is 125 Å². The number of hydrogen-bond acceptors (Lipinski definition) is 6. The Morgan fingerprint density at radius 1 is 1.23 bits per heavy atom. The van der Waals surface area contributed by atoms with E-state index in [-0.39, 0.29) is 19.0 Å². The molecule has 0 radical (unpaired) electrons. The number of carboxylic acid groups (broad SMARTS) is 1. The molecule has 0 unspecified atom stereocenters. The molecule has 2 heterocycles. The Morgan fingerprint density at radius 2 is 2.05 bits per heavy atom. The molecular formula is C15H12NO6-. The maximum atomic E-state index is 12.0. The number of benzene rings is 1. The van der Waals surface area contributed by atoms with Crippen LogP contribution in [0.2, 0.25) is 0 Å². The van der Waals surface area contributed by atoms with Crippen molar-refractivity contribution in [2.24, 2.45) is 0 Å². The summed E-state index contributed by atoms with van der Waals surface area (Å²) >= 11 is 0. The van der Waals surface area contributed by atoms with E-state index >= 15 is 0 Å². The van der Waals surface area contributed by atoms with Crippen LogP contribution in [-0.4, -0.2) is 18.7 Å². The van der Waals surface area contributed by atoms with E-state index in [1.807, 2.05) is 0 Å². The highest BCUT2D eigenvalue weighted by atomic mass is 16.7. The fraction of sp³-hybridized carbons (Fsp3) is 0.200. The number of fused-ring (bicyclic) bond motifs is 1. The maximum absolute atomic E-state index is 12.0. The molecule has 2 aromatic rings. The molecule has 0 saturated carbocycles. The van der Waals surface area contributed by atoms with Gasteiger partial charge in [-0.25, -0.2) is 0 Å². The number of carbonyl (C=O) groups is 2. The number of hydrogen-bond donors (Lipinski definition) is 1. The van der Waals surface area contributed by atoms with E-state index in [1.165, 1.54) is 12.3 Å². The van der Waals surface area contributed by atoms with Crippen molar-refractivity contribution in [3.8, 4) is 11.5 Å². The van der Waals surface area contributed by atoms with Crippen LogP contribution < -0.4 is 19.9 Å². The lowest BCUT2D eigenvalue weighted by Crippen LogP contribution is -2.34. The molecule has 22 heavy (non-hydrogen) atoms. The average molecular weight is 302 g/mol. The van der Waals surface area contributed by atoms with Crippen LogP contribution in [-0.2, 0) is 4.79 Å². The molecule has 0 fully saturated rings. The van der Waals surface area contributed by atoms with Crippen LogP contribution in [0, 0.1) is 0 Å². The van der Waals surface area contributed by atoms with E-state index in [4.69, 9.17) is 13.9 Å². The van der Waals surface area contributed by atoms with E-state index in [9.17, 15) is 14.7 Å². The second kappa shape index (κ2) is 5.80. The molecule has 0 bridgehead atoms. The first-order chi connectivity index (χ1) is 10.6. The average Bonchev–Trinajstić information content (AvgIpc) is 3.16. The lowest BCUT2D eigenvalue weighted by molar-refractivity contribution is -0.306. The number of aliphatic carboxylic acids is 1. The number of amides is 1. The molecule has 1 aromatic carbocycles. The normalized spacial score (nSPS) is 13.6. The zero-order valence-electron chi connectivity index (χ0n) is 11.4. The second-order valence-corrected chi connectivity index (χ2v) is 4.69. The van der Waals surface area contributed by atoms with Gasteiger partial charge in [0.15, 0.2) is 17.3 Å². The quantitative estimate of drug-likeness (QED) is 0.869. The first-order valence-electron chi connectivity index (χ1n) is 6.57. The highest BCUT2D eigenvalue weighted by molar-refractivity contribution is 5.91. The number of ether oxygens (including phenoxy) is 2. The Balaban J connectivity index is 1.83. The minimum atomic E-state index is -1.28. The van der Waals surface area contributed by atoms with Gasteiger partial charge in [0, 0.05) is 12.4 Å². The fourth-order valence-corrected chi connectivity index (χ4v) is 2.19. The van der Waals surface area contributed by atoms with Crippen molar-refractivity contribution in [1.29, 1.82) is 0 Å². The number of furan rings is 1. The van der Waals surface area contributed by atoms with E-state index in [1.54, 1.807) is 24.3 Å². The summed E-state index contributed by atoms with van der Waals surface area (Å²) in [6.07, 6.45) is 0.995. The van der Waals surface area contributed by atoms with Gasteiger partial charge in [0.2, 0.25) is 6.79 Å². The lowest BCUT2D eigenvalue weighted by Gasteiger charge is -2.19. The van der Waals surface area contributed by atoms with Gasteiger partial charge in [-0.2, -0.15) is 0 Å². The van der Waals surface area contributed by atoms with Gasteiger partial charge >= 0.3 is 0 Å². The molecule has 7 nitrogen and oxygen atoms in total. The minimum absolute atomic E-state index is 0.101. The Hall–Kier alpha value is -2.96. The van der Waals surface area contributed by atoms with Crippen molar-refractivity contribution in [2.75, 3.05) is 6.79 Å². The van der Waals surface area contributed by atoms with Crippen LogP contribution in [0.4, 0.5) is 0 Å². The largest absolute Gasteiger partial charge is 0.550 e. The van der Waals surface area contributed by atoms with E-state index in [2.05, 4.69) is 5.32 Å². The van der Waals surface area contributed by atoms with Crippen LogP contribution in [0.5, 0.6) is 11.5 Å². The van der Waals surface area contributed by atoms with Gasteiger partial charge in [0.1, 0.15) is 0 Å². The predicted molar refractivity (Wildman–Crippen MR) is 71.1 cm³/mol. The van der Waals surface area contributed by atoms with Gasteiger partial charge in [-0.15, -0.1) is 0 Å². The number of carbonyl (C=O) groups excluding carboxylic acids is 2. The molecular weight excluding hydrogens is 290 g/mol. The molecule has 1 atom stereocenters. The molecule has 0 spiro atoms. The summed E-state index contributed by atoms with van der Waals surface area (Å²) < 4.78 is 15.4. The SMILES string of the molecule is O=C([O-])C[C@@H](NC(=O)c1ccco1)c1ccc2c(c1)OCO2. The Morgan fingerprint density at radius 3 is 2.77 bits per heavy atom. The molecule has 3 rings (SSSR count). The van der Waals surface area contributed by atoms with Crippen LogP contribution in [0.25, 0.3) is 0 Å². The topological polar surface area (TPSA) is 101 Å². The summed E-state index contributed by atoms with van der Waals surface area (Å²) in [5.41, 5.74) is 0.577. The zero-order chi connectivity index (χ0) is 15.5. The first-order valence-corrected chi connectivity index (χ1v) is 6.57. The smallest absolute Gasteiger partial charge is 0.287 e. The van der Waals surface area contributed by atoms with Gasteiger partial charge in [-0.3, -0.25) is 4.79 Å². The summed E-state index contributed by atoms with van der Waals surface area (Å²) in [4.78, 5) is 23.0. The Kier molecular flexibility index (Phi) is 3.69. The summed E-state index contributed by atoms with van der Waals surface area (Å²) in [7, 11) is 0. The predicted octanol–water partition coefficient (Wildman–Crippen LogP) is 0.619. The lowest BCUT2D eigenvalue weighted by atomic mass is 10.0. The van der Waals surface area contributed by atoms with E-state index in [0.29, 0.717) is 17.1 Å². The van der Waals surface area contributed by atoms with Crippen molar-refractivity contribution in [3.63, 3.8) is 0 Å². The van der Waals surface area contributed by atoms with E-state index < -0.39 is 17.9 Å². The van der Waals surface area contributed by atoms with Crippen molar-refractivity contribution < 1.29 is 28.6 Å². The molecule has 0 aliphatic carbocycles. The molecule has 7 heteroatoms. The van der Waals surface area contributed by atoms with Gasteiger partial charge in [0.25, 0.3) is 5.91 Å². The standard InChI is InChI=1S/C15H13NO6/c17-14(18)7-10(16-15(19)12-2-1-5-20-12)9-3-4-11-13(6-9)22-8-21-11/h1-6,10H,7-8H2,(H,16,19)(H,17,18)/p-1/t10-/m1/s1. The van der Waals surface area contributed by atoms with Crippen molar-refractivity contribution >= 4 is 11.9 Å². The zero-order valence-corrected chi connectivity index (χ0v) is 11.4. The molecule has 1 amide bonds. The van der Waals surface area contributed by atoms with Gasteiger partial charge in [0.05, 0.1) is 12.3 Å².